The van der Waals surface area contributed by atoms with Crippen molar-refractivity contribution in [2.45, 2.75) is 51.0 Å². The summed E-state index contributed by atoms with van der Waals surface area (Å²) in [6.45, 7) is 4.39. The third-order valence-corrected chi connectivity index (χ3v) is 5.88. The van der Waals surface area contributed by atoms with E-state index in [9.17, 15) is 0 Å². The Bertz CT molecular complexity index is 975. The van der Waals surface area contributed by atoms with Crippen LogP contribution in [0.3, 0.4) is 0 Å². The van der Waals surface area contributed by atoms with Gasteiger partial charge < -0.3 is 28.3 Å². The molecule has 182 valence electrons. The summed E-state index contributed by atoms with van der Waals surface area (Å²) in [7, 11) is 1.65. The van der Waals surface area contributed by atoms with Crippen molar-refractivity contribution in [2.24, 2.45) is 0 Å². The Morgan fingerprint density at radius 1 is 1.03 bits per heavy atom. The molecule has 4 rings (SSSR count). The fourth-order valence-electron chi connectivity index (χ4n) is 3.93. The van der Waals surface area contributed by atoms with Gasteiger partial charge in [0.2, 0.25) is 0 Å². The van der Waals surface area contributed by atoms with Crippen molar-refractivity contribution in [2.75, 3.05) is 26.9 Å². The second kappa shape index (κ2) is 11.9. The summed E-state index contributed by atoms with van der Waals surface area (Å²) in [5.74, 6) is 1.75. The average Bonchev–Trinajstić information content (AvgIpc) is 3.53. The Balaban J connectivity index is 1.34. The zero-order chi connectivity index (χ0) is 23.6. The number of nitrogens with zero attached hydrogens (tertiary/aromatic N) is 2. The number of unbranched alkanes of at least 4 members (excludes halogenated alkanes) is 1. The topological polar surface area (TPSA) is 64.0 Å². The third-order valence-electron chi connectivity index (χ3n) is 5.88. The third kappa shape index (κ3) is 6.74. The van der Waals surface area contributed by atoms with Gasteiger partial charge in [-0.1, -0.05) is 25.5 Å². The molecular formula is C27H34N2O5. The number of rotatable bonds is 13. The van der Waals surface area contributed by atoms with E-state index in [1.165, 1.54) is 5.56 Å². The lowest BCUT2D eigenvalue weighted by Crippen LogP contribution is -2.37. The molecule has 0 aliphatic carbocycles. The first kappa shape index (κ1) is 24.1. The summed E-state index contributed by atoms with van der Waals surface area (Å²) >= 11 is 0. The van der Waals surface area contributed by atoms with Gasteiger partial charge in [0.05, 0.1) is 33.2 Å². The second-order valence-electron chi connectivity index (χ2n) is 8.53. The highest BCUT2D eigenvalue weighted by Gasteiger charge is 2.42. The van der Waals surface area contributed by atoms with Gasteiger partial charge in [-0.15, -0.1) is 0 Å². The Labute approximate surface area is 201 Å². The molecule has 0 spiro atoms. The fourth-order valence-corrected chi connectivity index (χ4v) is 3.93. The Hall–Kier alpha value is -3.03. The predicted molar refractivity (Wildman–Crippen MR) is 129 cm³/mol. The standard InChI is InChI=1S/C27H34N2O5/c1-3-4-17-31-24-7-5-22(6-8-24)13-14-27(20-29-16-15-28-21-29)33-19-26(34-27)18-32-25-11-9-23(30-2)10-12-25/h5-12,15-16,21,26H,3-4,13-14,17-20H2,1-2H3. The zero-order valence-electron chi connectivity index (χ0n) is 20.0. The number of hydrogen-bond donors (Lipinski definition) is 0. The van der Waals surface area contributed by atoms with Crippen molar-refractivity contribution in [3.63, 3.8) is 0 Å². The number of imidazole rings is 1. The van der Waals surface area contributed by atoms with Gasteiger partial charge in [-0.3, -0.25) is 0 Å². The maximum Gasteiger partial charge on any atom is 0.187 e. The van der Waals surface area contributed by atoms with Gasteiger partial charge in [-0.05, 0) is 54.8 Å². The van der Waals surface area contributed by atoms with Crippen LogP contribution in [-0.2, 0) is 22.4 Å². The predicted octanol–water partition coefficient (Wildman–Crippen LogP) is 4.89. The van der Waals surface area contributed by atoms with Crippen molar-refractivity contribution < 1.29 is 23.7 Å². The minimum atomic E-state index is -0.731. The Morgan fingerprint density at radius 3 is 2.47 bits per heavy atom. The largest absolute Gasteiger partial charge is 0.497 e. The van der Waals surface area contributed by atoms with Crippen LogP contribution in [0.1, 0.15) is 31.7 Å². The molecule has 1 aromatic heterocycles. The highest BCUT2D eigenvalue weighted by molar-refractivity contribution is 5.31. The average molecular weight is 467 g/mol. The quantitative estimate of drug-likeness (QED) is 0.334. The van der Waals surface area contributed by atoms with Crippen molar-refractivity contribution >= 4 is 0 Å². The molecule has 0 radical (unpaired) electrons. The minimum absolute atomic E-state index is 0.153. The monoisotopic (exact) mass is 466 g/mol. The van der Waals surface area contributed by atoms with Crippen LogP contribution in [0.15, 0.2) is 67.3 Å². The van der Waals surface area contributed by atoms with Crippen LogP contribution >= 0.6 is 0 Å². The summed E-state index contributed by atoms with van der Waals surface area (Å²) in [4.78, 5) is 4.17. The van der Waals surface area contributed by atoms with Crippen molar-refractivity contribution in [3.8, 4) is 17.2 Å². The van der Waals surface area contributed by atoms with Gasteiger partial charge in [0.25, 0.3) is 0 Å². The maximum absolute atomic E-state index is 6.45. The van der Waals surface area contributed by atoms with E-state index in [0.717, 1.165) is 49.5 Å². The first-order valence-electron chi connectivity index (χ1n) is 11.9. The Morgan fingerprint density at radius 2 is 1.76 bits per heavy atom. The lowest BCUT2D eigenvalue weighted by atomic mass is 10.0. The number of hydrogen-bond acceptors (Lipinski definition) is 6. The van der Waals surface area contributed by atoms with Crippen molar-refractivity contribution in [1.82, 2.24) is 9.55 Å². The van der Waals surface area contributed by atoms with Crippen molar-refractivity contribution in [1.29, 1.82) is 0 Å². The highest BCUT2D eigenvalue weighted by atomic mass is 16.8. The number of aryl methyl sites for hydroxylation is 1. The van der Waals surface area contributed by atoms with Gasteiger partial charge in [-0.2, -0.15) is 0 Å². The minimum Gasteiger partial charge on any atom is -0.497 e. The molecule has 0 amide bonds. The van der Waals surface area contributed by atoms with E-state index in [1.54, 1.807) is 19.6 Å². The van der Waals surface area contributed by atoms with Crippen LogP contribution in [0, 0.1) is 0 Å². The molecule has 2 unspecified atom stereocenters. The fraction of sp³-hybridized carbons (Fsp3) is 0.444. The number of methoxy groups -OCH3 is 1. The molecule has 1 aliphatic heterocycles. The molecule has 2 atom stereocenters. The van der Waals surface area contributed by atoms with Crippen molar-refractivity contribution in [3.05, 3.63) is 72.8 Å². The van der Waals surface area contributed by atoms with Gasteiger partial charge in [0.15, 0.2) is 5.79 Å². The SMILES string of the molecule is CCCCOc1ccc(CCC2(Cn3ccnc3)OCC(COc3ccc(OC)cc3)O2)cc1. The molecule has 34 heavy (non-hydrogen) atoms. The first-order valence-corrected chi connectivity index (χ1v) is 11.9. The van der Waals surface area contributed by atoms with E-state index in [0.29, 0.717) is 19.8 Å². The van der Waals surface area contributed by atoms with Gasteiger partial charge >= 0.3 is 0 Å². The number of benzene rings is 2. The van der Waals surface area contributed by atoms with Gasteiger partial charge in [0.1, 0.15) is 30.0 Å². The number of ether oxygens (including phenoxy) is 5. The number of aromatic nitrogens is 2. The summed E-state index contributed by atoms with van der Waals surface area (Å²) in [6.07, 6.45) is 9.08. The summed E-state index contributed by atoms with van der Waals surface area (Å²) in [6, 6.07) is 15.9. The summed E-state index contributed by atoms with van der Waals surface area (Å²) in [5.41, 5.74) is 1.22. The van der Waals surface area contributed by atoms with Crippen LogP contribution in [0.25, 0.3) is 0 Å². The van der Waals surface area contributed by atoms with Gasteiger partial charge in [0, 0.05) is 18.8 Å². The first-order chi connectivity index (χ1) is 16.7. The smallest absolute Gasteiger partial charge is 0.187 e. The van der Waals surface area contributed by atoms with Crippen LogP contribution in [0.2, 0.25) is 0 Å². The van der Waals surface area contributed by atoms with Gasteiger partial charge in [-0.25, -0.2) is 4.98 Å². The molecule has 0 saturated carbocycles. The van der Waals surface area contributed by atoms with E-state index in [4.69, 9.17) is 23.7 Å². The van der Waals surface area contributed by atoms with E-state index in [2.05, 4.69) is 24.0 Å². The molecule has 7 nitrogen and oxygen atoms in total. The van der Waals surface area contributed by atoms with Crippen LogP contribution in [-0.4, -0.2) is 48.4 Å². The molecule has 2 aromatic carbocycles. The second-order valence-corrected chi connectivity index (χ2v) is 8.53. The summed E-state index contributed by atoms with van der Waals surface area (Å²) < 4.78 is 31.6. The van der Waals surface area contributed by atoms with E-state index < -0.39 is 5.79 Å². The molecular weight excluding hydrogens is 432 g/mol. The molecule has 0 N–H and O–H groups in total. The molecule has 0 bridgehead atoms. The zero-order valence-corrected chi connectivity index (χ0v) is 20.0. The van der Waals surface area contributed by atoms with E-state index >= 15 is 0 Å². The molecule has 1 aliphatic rings. The Kier molecular flexibility index (Phi) is 8.44. The molecule has 1 fully saturated rings. The molecule has 7 heteroatoms. The summed E-state index contributed by atoms with van der Waals surface area (Å²) in [5, 5.41) is 0. The lowest BCUT2D eigenvalue weighted by molar-refractivity contribution is -0.184. The van der Waals surface area contributed by atoms with E-state index in [1.807, 2.05) is 47.2 Å². The van der Waals surface area contributed by atoms with Crippen LogP contribution in [0.5, 0.6) is 17.2 Å². The normalized spacial score (nSPS) is 19.8. The maximum atomic E-state index is 6.45. The van der Waals surface area contributed by atoms with E-state index in [-0.39, 0.29) is 6.10 Å². The molecule has 2 heterocycles. The molecule has 1 saturated heterocycles. The highest BCUT2D eigenvalue weighted by Crippen LogP contribution is 2.31. The van der Waals surface area contributed by atoms with Crippen LogP contribution < -0.4 is 14.2 Å². The molecule has 3 aromatic rings. The van der Waals surface area contributed by atoms with Crippen LogP contribution in [0.4, 0.5) is 0 Å². The lowest BCUT2D eigenvalue weighted by Gasteiger charge is -2.28.